The number of hydrogen-bond donors (Lipinski definition) is 1. The van der Waals surface area contributed by atoms with E-state index in [1.54, 1.807) is 0 Å². The Hall–Kier alpha value is -1.90. The molecule has 17 heavy (non-hydrogen) atoms. The molecule has 0 spiro atoms. The molecule has 3 nitrogen and oxygen atoms in total. The lowest BCUT2D eigenvalue weighted by Crippen LogP contribution is -2.14. The number of para-hydroxylation sites is 1. The van der Waals surface area contributed by atoms with E-state index >= 15 is 0 Å². The number of aryl methyl sites for hydroxylation is 1. The Morgan fingerprint density at radius 3 is 2.65 bits per heavy atom. The number of carbonyl (C=O) groups is 2. The van der Waals surface area contributed by atoms with Crippen molar-refractivity contribution in [3.63, 3.8) is 0 Å². The Balaban J connectivity index is 2.51. The summed E-state index contributed by atoms with van der Waals surface area (Å²) < 4.78 is 0. The van der Waals surface area contributed by atoms with Crippen LogP contribution in [0.1, 0.15) is 35.8 Å². The van der Waals surface area contributed by atoms with Crippen molar-refractivity contribution in [3.05, 3.63) is 35.5 Å². The van der Waals surface area contributed by atoms with Crippen LogP contribution in [0.5, 0.6) is 0 Å². The summed E-state index contributed by atoms with van der Waals surface area (Å²) in [5.74, 6) is -0.679. The number of nitrogens with one attached hydrogen (secondary N) is 1. The molecule has 0 fully saturated rings. The van der Waals surface area contributed by atoms with Crippen LogP contribution in [0.3, 0.4) is 0 Å². The molecule has 0 bridgehead atoms. The van der Waals surface area contributed by atoms with Crippen LogP contribution in [0.15, 0.2) is 24.3 Å². The summed E-state index contributed by atoms with van der Waals surface area (Å²) in [5, 5.41) is 0.833. The first-order valence-corrected chi connectivity index (χ1v) is 5.80. The predicted molar refractivity (Wildman–Crippen MR) is 67.3 cm³/mol. The van der Waals surface area contributed by atoms with E-state index in [4.69, 9.17) is 0 Å². The zero-order valence-corrected chi connectivity index (χ0v) is 10.0. The average molecular weight is 229 g/mol. The van der Waals surface area contributed by atoms with Crippen LogP contribution in [-0.4, -0.2) is 16.6 Å². The largest absolute Gasteiger partial charge is 0.358 e. The van der Waals surface area contributed by atoms with E-state index in [1.807, 2.05) is 38.1 Å². The van der Waals surface area contributed by atoms with E-state index in [0.29, 0.717) is 18.4 Å². The highest BCUT2D eigenvalue weighted by Gasteiger charge is 2.21. The quantitative estimate of drug-likeness (QED) is 0.647. The summed E-state index contributed by atoms with van der Waals surface area (Å²) in [5.41, 5.74) is 2.19. The molecular weight excluding hydrogens is 214 g/mol. The first-order valence-electron chi connectivity index (χ1n) is 5.80. The Kier molecular flexibility index (Phi) is 3.09. The Bertz CT molecular complexity index is 581. The molecular formula is C14H15NO2. The van der Waals surface area contributed by atoms with Crippen LogP contribution in [-0.2, 0) is 4.79 Å². The van der Waals surface area contributed by atoms with Crippen LogP contribution in [0.2, 0.25) is 0 Å². The second-order valence-electron chi connectivity index (χ2n) is 4.17. The van der Waals surface area contributed by atoms with Crippen molar-refractivity contribution in [1.82, 2.24) is 4.98 Å². The lowest BCUT2D eigenvalue weighted by atomic mass is 10.0. The number of aromatic amines is 1. The molecule has 0 aliphatic heterocycles. The first-order chi connectivity index (χ1) is 8.15. The molecule has 0 radical (unpaired) electrons. The number of rotatable bonds is 4. The third kappa shape index (κ3) is 2.00. The zero-order chi connectivity index (χ0) is 12.4. The minimum atomic E-state index is -0.373. The molecule has 0 saturated carbocycles. The van der Waals surface area contributed by atoms with E-state index in [-0.39, 0.29) is 11.6 Å². The van der Waals surface area contributed by atoms with Crippen LogP contribution < -0.4 is 0 Å². The summed E-state index contributed by atoms with van der Waals surface area (Å²) in [4.78, 5) is 26.9. The number of ketones is 2. The molecule has 1 N–H and O–H groups in total. The smallest absolute Gasteiger partial charge is 0.230 e. The van der Waals surface area contributed by atoms with Crippen molar-refractivity contribution in [3.8, 4) is 0 Å². The zero-order valence-electron chi connectivity index (χ0n) is 10.0. The molecule has 0 atom stereocenters. The summed E-state index contributed by atoms with van der Waals surface area (Å²) in [6, 6.07) is 7.55. The third-order valence-electron chi connectivity index (χ3n) is 2.85. The van der Waals surface area contributed by atoms with E-state index < -0.39 is 0 Å². The van der Waals surface area contributed by atoms with Crippen molar-refractivity contribution in [2.24, 2.45) is 0 Å². The molecule has 0 aliphatic rings. The third-order valence-corrected chi connectivity index (χ3v) is 2.85. The monoisotopic (exact) mass is 229 g/mol. The van der Waals surface area contributed by atoms with Gasteiger partial charge in [0.25, 0.3) is 0 Å². The summed E-state index contributed by atoms with van der Waals surface area (Å²) in [7, 11) is 0. The van der Waals surface area contributed by atoms with E-state index in [9.17, 15) is 9.59 Å². The topological polar surface area (TPSA) is 49.9 Å². The van der Waals surface area contributed by atoms with Gasteiger partial charge < -0.3 is 4.98 Å². The average Bonchev–Trinajstić information content (AvgIpc) is 2.64. The molecule has 88 valence electrons. The van der Waals surface area contributed by atoms with Gasteiger partial charge in [0, 0.05) is 23.0 Å². The molecule has 1 heterocycles. The first kappa shape index (κ1) is 11.6. The van der Waals surface area contributed by atoms with E-state index in [0.717, 1.165) is 16.6 Å². The van der Waals surface area contributed by atoms with Gasteiger partial charge in [0.1, 0.15) is 0 Å². The van der Waals surface area contributed by atoms with Crippen molar-refractivity contribution < 1.29 is 9.59 Å². The molecule has 1 aromatic carbocycles. The van der Waals surface area contributed by atoms with Gasteiger partial charge in [-0.2, -0.15) is 0 Å². The van der Waals surface area contributed by atoms with Crippen molar-refractivity contribution in [1.29, 1.82) is 0 Å². The molecule has 0 unspecified atom stereocenters. The summed E-state index contributed by atoms with van der Waals surface area (Å²) in [6.45, 7) is 3.72. The van der Waals surface area contributed by atoms with Gasteiger partial charge in [-0.3, -0.25) is 9.59 Å². The predicted octanol–water partition coefficient (Wildman–Crippen LogP) is 3.03. The van der Waals surface area contributed by atoms with Crippen LogP contribution in [0.4, 0.5) is 0 Å². The van der Waals surface area contributed by atoms with Gasteiger partial charge in [0.05, 0.1) is 5.56 Å². The van der Waals surface area contributed by atoms with Gasteiger partial charge in [0.2, 0.25) is 11.6 Å². The molecule has 2 rings (SSSR count). The Morgan fingerprint density at radius 2 is 1.94 bits per heavy atom. The van der Waals surface area contributed by atoms with Crippen molar-refractivity contribution in [2.45, 2.75) is 26.7 Å². The van der Waals surface area contributed by atoms with E-state index in [1.165, 1.54) is 0 Å². The number of Topliss-reactive ketones (excluding diaryl/α,β-unsaturated/α-hetero) is 2. The summed E-state index contributed by atoms with van der Waals surface area (Å²) in [6.07, 6.45) is 1.02. The molecule has 1 aromatic heterocycles. The van der Waals surface area contributed by atoms with Crippen molar-refractivity contribution >= 4 is 22.5 Å². The maximum absolute atomic E-state index is 12.1. The second-order valence-corrected chi connectivity index (χ2v) is 4.17. The fourth-order valence-corrected chi connectivity index (χ4v) is 2.05. The Morgan fingerprint density at radius 1 is 1.24 bits per heavy atom. The number of aromatic nitrogens is 1. The van der Waals surface area contributed by atoms with Gasteiger partial charge in [-0.15, -0.1) is 0 Å². The fraction of sp³-hybridized carbons (Fsp3) is 0.286. The number of hydrogen-bond acceptors (Lipinski definition) is 2. The lowest BCUT2D eigenvalue weighted by Gasteiger charge is -1.99. The highest BCUT2D eigenvalue weighted by molar-refractivity contribution is 6.46. The van der Waals surface area contributed by atoms with Gasteiger partial charge in [-0.1, -0.05) is 25.1 Å². The molecule has 2 aromatic rings. The van der Waals surface area contributed by atoms with Crippen LogP contribution in [0, 0.1) is 6.92 Å². The maximum atomic E-state index is 12.1. The molecule has 0 amide bonds. The number of benzene rings is 1. The van der Waals surface area contributed by atoms with Crippen LogP contribution in [0.25, 0.3) is 10.9 Å². The fourth-order valence-electron chi connectivity index (χ4n) is 2.05. The molecule has 3 heteroatoms. The van der Waals surface area contributed by atoms with Crippen molar-refractivity contribution in [2.75, 3.05) is 0 Å². The minimum absolute atomic E-state index is 0.305. The lowest BCUT2D eigenvalue weighted by molar-refractivity contribution is -0.115. The van der Waals surface area contributed by atoms with Gasteiger partial charge >= 0.3 is 0 Å². The molecule has 0 aliphatic carbocycles. The minimum Gasteiger partial charge on any atom is -0.358 e. The standard InChI is InChI=1S/C14H15NO2/c1-3-6-12(16)14(17)13-9(2)15-11-8-5-4-7-10(11)13/h4-5,7-8,15H,3,6H2,1-2H3. The Labute approximate surface area is 99.8 Å². The second kappa shape index (κ2) is 4.53. The molecule has 0 saturated heterocycles. The van der Waals surface area contributed by atoms with Gasteiger partial charge in [0.15, 0.2) is 0 Å². The van der Waals surface area contributed by atoms with Gasteiger partial charge in [-0.25, -0.2) is 0 Å². The highest BCUT2D eigenvalue weighted by atomic mass is 16.2. The number of fused-ring (bicyclic) bond motifs is 1. The van der Waals surface area contributed by atoms with Crippen LogP contribution >= 0.6 is 0 Å². The SMILES string of the molecule is CCCC(=O)C(=O)c1c(C)[nH]c2ccccc12. The highest BCUT2D eigenvalue weighted by Crippen LogP contribution is 2.22. The number of carbonyl (C=O) groups excluding carboxylic acids is 2. The maximum Gasteiger partial charge on any atom is 0.230 e. The summed E-state index contributed by atoms with van der Waals surface area (Å²) >= 11 is 0. The number of H-pyrrole nitrogens is 1. The van der Waals surface area contributed by atoms with Gasteiger partial charge in [-0.05, 0) is 19.4 Å². The normalized spacial score (nSPS) is 10.7. The van der Waals surface area contributed by atoms with E-state index in [2.05, 4.69) is 4.98 Å².